The summed E-state index contributed by atoms with van der Waals surface area (Å²) in [6.07, 6.45) is 0. The fraction of sp³-hybridized carbons (Fsp3) is 0.160. The number of carbonyl (C=O) groups excluding carboxylic acids is 1. The van der Waals surface area contributed by atoms with Gasteiger partial charge < -0.3 is 15.4 Å². The SMILES string of the molecule is CCOc1ccc(NCc2nnc(SCC(=O)Nc3cccc(Cl)c3)n2-c2ccccc2)cc1. The molecule has 1 aromatic heterocycles. The van der Waals surface area contributed by atoms with Gasteiger partial charge in [-0.15, -0.1) is 10.2 Å². The molecular weight excluding hydrogens is 470 g/mol. The van der Waals surface area contributed by atoms with E-state index in [0.717, 1.165) is 22.9 Å². The fourth-order valence-electron chi connectivity index (χ4n) is 3.25. The second kappa shape index (κ2) is 11.6. The van der Waals surface area contributed by atoms with Crippen molar-refractivity contribution in [1.82, 2.24) is 14.8 Å². The molecule has 0 saturated heterocycles. The van der Waals surface area contributed by atoms with Crippen molar-refractivity contribution in [2.45, 2.75) is 18.6 Å². The Balaban J connectivity index is 1.46. The minimum atomic E-state index is -0.149. The maximum atomic E-state index is 12.5. The lowest BCUT2D eigenvalue weighted by atomic mass is 10.3. The van der Waals surface area contributed by atoms with Crippen LogP contribution < -0.4 is 15.4 Å². The van der Waals surface area contributed by atoms with Crippen LogP contribution in [-0.2, 0) is 11.3 Å². The molecule has 0 aliphatic carbocycles. The number of carbonyl (C=O) groups is 1. The predicted octanol–water partition coefficient (Wildman–Crippen LogP) is 5.66. The molecule has 0 bridgehead atoms. The van der Waals surface area contributed by atoms with Gasteiger partial charge in [-0.25, -0.2) is 0 Å². The van der Waals surface area contributed by atoms with Gasteiger partial charge in [-0.3, -0.25) is 9.36 Å². The van der Waals surface area contributed by atoms with Gasteiger partial charge in [-0.05, 0) is 61.5 Å². The third kappa shape index (κ3) is 6.30. The van der Waals surface area contributed by atoms with Crippen molar-refractivity contribution in [3.8, 4) is 11.4 Å². The molecule has 0 aliphatic heterocycles. The summed E-state index contributed by atoms with van der Waals surface area (Å²) in [5, 5.41) is 16.2. The minimum Gasteiger partial charge on any atom is -0.494 e. The van der Waals surface area contributed by atoms with E-state index in [2.05, 4.69) is 20.8 Å². The number of para-hydroxylation sites is 1. The molecule has 4 aromatic rings. The van der Waals surface area contributed by atoms with E-state index in [1.165, 1.54) is 11.8 Å². The van der Waals surface area contributed by atoms with Crippen LogP contribution in [0, 0.1) is 0 Å². The van der Waals surface area contributed by atoms with Crippen LogP contribution in [0.25, 0.3) is 5.69 Å². The summed E-state index contributed by atoms with van der Waals surface area (Å²) < 4.78 is 7.45. The summed E-state index contributed by atoms with van der Waals surface area (Å²) in [6, 6.07) is 24.7. The molecule has 0 radical (unpaired) electrons. The van der Waals surface area contributed by atoms with Gasteiger partial charge in [0.15, 0.2) is 11.0 Å². The minimum absolute atomic E-state index is 0.149. The molecule has 34 heavy (non-hydrogen) atoms. The summed E-state index contributed by atoms with van der Waals surface area (Å²) in [5.41, 5.74) is 2.53. The number of ether oxygens (including phenoxy) is 1. The molecule has 0 atom stereocenters. The molecule has 0 aliphatic rings. The lowest BCUT2D eigenvalue weighted by Gasteiger charge is -2.12. The third-order valence-electron chi connectivity index (χ3n) is 4.77. The van der Waals surface area contributed by atoms with Crippen molar-refractivity contribution in [2.24, 2.45) is 0 Å². The number of nitrogens with zero attached hydrogens (tertiary/aromatic N) is 3. The second-order valence-electron chi connectivity index (χ2n) is 7.23. The van der Waals surface area contributed by atoms with E-state index >= 15 is 0 Å². The van der Waals surface area contributed by atoms with Gasteiger partial charge in [-0.2, -0.15) is 0 Å². The monoisotopic (exact) mass is 493 g/mol. The Bertz CT molecular complexity index is 1230. The van der Waals surface area contributed by atoms with Crippen molar-refractivity contribution in [3.05, 3.63) is 89.7 Å². The van der Waals surface area contributed by atoms with Gasteiger partial charge in [0.1, 0.15) is 5.75 Å². The topological polar surface area (TPSA) is 81.1 Å². The molecular formula is C25H24ClN5O2S. The smallest absolute Gasteiger partial charge is 0.234 e. The zero-order valence-corrected chi connectivity index (χ0v) is 20.1. The second-order valence-corrected chi connectivity index (χ2v) is 8.61. The van der Waals surface area contributed by atoms with E-state index in [0.29, 0.717) is 29.0 Å². The molecule has 1 heterocycles. The van der Waals surface area contributed by atoms with Crippen LogP contribution in [0.4, 0.5) is 11.4 Å². The highest BCUT2D eigenvalue weighted by molar-refractivity contribution is 7.99. The largest absolute Gasteiger partial charge is 0.494 e. The zero-order valence-electron chi connectivity index (χ0n) is 18.6. The van der Waals surface area contributed by atoms with Crippen LogP contribution in [-0.4, -0.2) is 33.0 Å². The Kier molecular flexibility index (Phi) is 8.06. The standard InChI is InChI=1S/C25H24ClN5O2S/c1-2-33-22-13-11-19(12-14-22)27-16-23-29-30-25(31(23)21-9-4-3-5-10-21)34-17-24(32)28-20-8-6-7-18(26)15-20/h3-15,27H,2,16-17H2,1H3,(H,28,32). The molecule has 3 aromatic carbocycles. The van der Waals surface area contributed by atoms with Gasteiger partial charge >= 0.3 is 0 Å². The summed E-state index contributed by atoms with van der Waals surface area (Å²) >= 11 is 7.32. The van der Waals surface area contributed by atoms with Crippen molar-refractivity contribution in [2.75, 3.05) is 23.0 Å². The quantitative estimate of drug-likeness (QED) is 0.277. The Morgan fingerprint density at radius 2 is 1.79 bits per heavy atom. The van der Waals surface area contributed by atoms with Crippen molar-refractivity contribution in [1.29, 1.82) is 0 Å². The van der Waals surface area contributed by atoms with Crippen molar-refractivity contribution < 1.29 is 9.53 Å². The Hall–Kier alpha value is -3.49. The van der Waals surface area contributed by atoms with Crippen LogP contribution in [0.5, 0.6) is 5.75 Å². The summed E-state index contributed by atoms with van der Waals surface area (Å²) in [5.74, 6) is 1.60. The van der Waals surface area contributed by atoms with Crippen LogP contribution in [0.2, 0.25) is 5.02 Å². The number of halogens is 1. The van der Waals surface area contributed by atoms with Gasteiger partial charge in [0.05, 0.1) is 18.9 Å². The third-order valence-corrected chi connectivity index (χ3v) is 5.94. The van der Waals surface area contributed by atoms with Gasteiger partial charge in [0.25, 0.3) is 0 Å². The van der Waals surface area contributed by atoms with E-state index < -0.39 is 0 Å². The molecule has 0 saturated carbocycles. The Morgan fingerprint density at radius 1 is 1.00 bits per heavy atom. The van der Waals surface area contributed by atoms with Crippen LogP contribution >= 0.6 is 23.4 Å². The van der Waals surface area contributed by atoms with Gasteiger partial charge in [0, 0.05) is 22.1 Å². The van der Waals surface area contributed by atoms with Crippen LogP contribution in [0.15, 0.2) is 84.0 Å². The number of thioether (sulfide) groups is 1. The fourth-order valence-corrected chi connectivity index (χ4v) is 4.22. The molecule has 2 N–H and O–H groups in total. The number of hydrogen-bond acceptors (Lipinski definition) is 6. The molecule has 1 amide bonds. The van der Waals surface area contributed by atoms with Crippen LogP contribution in [0.1, 0.15) is 12.7 Å². The molecule has 7 nitrogen and oxygen atoms in total. The number of aromatic nitrogens is 3. The number of hydrogen-bond donors (Lipinski definition) is 2. The lowest BCUT2D eigenvalue weighted by Crippen LogP contribution is -2.15. The molecule has 0 unspecified atom stereocenters. The maximum absolute atomic E-state index is 12.5. The first-order chi connectivity index (χ1) is 16.6. The highest BCUT2D eigenvalue weighted by atomic mass is 35.5. The number of nitrogens with one attached hydrogen (secondary N) is 2. The average molecular weight is 494 g/mol. The first-order valence-corrected chi connectivity index (χ1v) is 12.1. The van der Waals surface area contributed by atoms with Crippen molar-refractivity contribution in [3.63, 3.8) is 0 Å². The first kappa shape index (κ1) is 23.7. The number of rotatable bonds is 10. The highest BCUT2D eigenvalue weighted by Crippen LogP contribution is 2.24. The number of amides is 1. The van der Waals surface area contributed by atoms with E-state index in [1.807, 2.05) is 66.1 Å². The Labute approximate surface area is 207 Å². The van der Waals surface area contributed by atoms with Gasteiger partial charge in [-0.1, -0.05) is 47.6 Å². The molecule has 4 rings (SSSR count). The predicted molar refractivity (Wildman–Crippen MR) is 137 cm³/mol. The summed E-state index contributed by atoms with van der Waals surface area (Å²) in [4.78, 5) is 12.5. The summed E-state index contributed by atoms with van der Waals surface area (Å²) in [7, 11) is 0. The zero-order chi connectivity index (χ0) is 23.8. The Morgan fingerprint density at radius 3 is 2.53 bits per heavy atom. The van der Waals surface area contributed by atoms with Gasteiger partial charge in [0.2, 0.25) is 5.91 Å². The molecule has 0 fully saturated rings. The van der Waals surface area contributed by atoms with Crippen LogP contribution in [0.3, 0.4) is 0 Å². The van der Waals surface area contributed by atoms with E-state index in [9.17, 15) is 4.79 Å². The number of anilines is 2. The maximum Gasteiger partial charge on any atom is 0.234 e. The molecule has 0 spiro atoms. The van der Waals surface area contributed by atoms with E-state index in [1.54, 1.807) is 24.3 Å². The first-order valence-electron chi connectivity index (χ1n) is 10.8. The molecule has 9 heteroatoms. The van der Waals surface area contributed by atoms with Crippen molar-refractivity contribution >= 4 is 40.6 Å². The highest BCUT2D eigenvalue weighted by Gasteiger charge is 2.16. The lowest BCUT2D eigenvalue weighted by molar-refractivity contribution is -0.113. The van der Waals surface area contributed by atoms with E-state index in [4.69, 9.17) is 16.3 Å². The summed E-state index contributed by atoms with van der Waals surface area (Å²) in [6.45, 7) is 3.05. The normalized spacial score (nSPS) is 10.6. The number of benzene rings is 3. The van der Waals surface area contributed by atoms with E-state index in [-0.39, 0.29) is 11.7 Å². The average Bonchev–Trinajstić information content (AvgIpc) is 3.26. The molecule has 174 valence electrons.